The van der Waals surface area contributed by atoms with Crippen molar-refractivity contribution < 1.29 is 0 Å². The number of aromatic nitrogens is 4. The van der Waals surface area contributed by atoms with Gasteiger partial charge in [0.1, 0.15) is 11.2 Å². The molecule has 0 N–H and O–H groups in total. The normalized spacial score (nSPS) is 11.1. The molecule has 0 saturated heterocycles. The summed E-state index contributed by atoms with van der Waals surface area (Å²) in [5.74, 6) is 0. The maximum absolute atomic E-state index is 12.7. The van der Waals surface area contributed by atoms with Crippen molar-refractivity contribution >= 4 is 10.9 Å². The minimum atomic E-state index is -0.148. The number of para-hydroxylation sites is 1. The topological polar surface area (TPSA) is 52.7 Å². The van der Waals surface area contributed by atoms with E-state index in [2.05, 4.69) is 5.10 Å². The smallest absolute Gasteiger partial charge is 0.267 e. The lowest BCUT2D eigenvalue weighted by Gasteiger charge is -2.02. The maximum atomic E-state index is 12.7. The van der Waals surface area contributed by atoms with Crippen molar-refractivity contribution in [1.29, 1.82) is 0 Å². The van der Waals surface area contributed by atoms with E-state index < -0.39 is 0 Å². The summed E-state index contributed by atoms with van der Waals surface area (Å²) < 4.78 is 3.12. The predicted molar refractivity (Wildman–Crippen MR) is 94.3 cm³/mol. The van der Waals surface area contributed by atoms with Crippen LogP contribution in [0.4, 0.5) is 0 Å². The molecular weight excluding hydrogens is 300 g/mol. The standard InChI is InChI=1S/C19H16N4O/c1-13-8-10-14(11-9-13)18-17-16(12-20-22(2)19(17)24)23(21-18)15-6-4-3-5-7-15/h3-12H,1-2H3. The molecule has 0 aliphatic carbocycles. The zero-order valence-electron chi connectivity index (χ0n) is 13.5. The lowest BCUT2D eigenvalue weighted by Crippen LogP contribution is -2.19. The minimum absolute atomic E-state index is 0.148. The van der Waals surface area contributed by atoms with E-state index in [0.717, 1.165) is 11.3 Å². The fourth-order valence-corrected chi connectivity index (χ4v) is 2.80. The molecular formula is C19H16N4O. The van der Waals surface area contributed by atoms with Gasteiger partial charge in [0.25, 0.3) is 5.56 Å². The Labute approximate surface area is 138 Å². The number of fused-ring (bicyclic) bond motifs is 1. The van der Waals surface area contributed by atoms with E-state index in [4.69, 9.17) is 5.10 Å². The SMILES string of the molecule is Cc1ccc(-c2nn(-c3ccccc3)c3cnn(C)c(=O)c23)cc1. The molecule has 0 unspecified atom stereocenters. The third-order valence-corrected chi connectivity index (χ3v) is 4.11. The van der Waals surface area contributed by atoms with Crippen LogP contribution in [0.15, 0.2) is 65.6 Å². The highest BCUT2D eigenvalue weighted by Gasteiger charge is 2.17. The lowest BCUT2D eigenvalue weighted by atomic mass is 10.1. The number of rotatable bonds is 2. The zero-order valence-corrected chi connectivity index (χ0v) is 13.5. The number of nitrogens with zero attached hydrogens (tertiary/aromatic N) is 4. The summed E-state index contributed by atoms with van der Waals surface area (Å²) in [6.07, 6.45) is 1.69. The van der Waals surface area contributed by atoms with Gasteiger partial charge >= 0.3 is 0 Å². The highest BCUT2D eigenvalue weighted by atomic mass is 16.1. The predicted octanol–water partition coefficient (Wildman–Crippen LogP) is 3.09. The van der Waals surface area contributed by atoms with Crippen molar-refractivity contribution in [2.24, 2.45) is 7.05 Å². The monoisotopic (exact) mass is 316 g/mol. The van der Waals surface area contributed by atoms with Crippen molar-refractivity contribution in [2.45, 2.75) is 6.92 Å². The van der Waals surface area contributed by atoms with E-state index in [9.17, 15) is 4.79 Å². The van der Waals surface area contributed by atoms with E-state index in [1.807, 2.05) is 61.5 Å². The third kappa shape index (κ3) is 2.22. The first-order chi connectivity index (χ1) is 11.6. The average Bonchev–Trinajstić information content (AvgIpc) is 3.00. The molecule has 0 amide bonds. The molecule has 0 atom stereocenters. The molecule has 2 aromatic carbocycles. The van der Waals surface area contributed by atoms with Crippen LogP contribution in [0.1, 0.15) is 5.56 Å². The van der Waals surface area contributed by atoms with Gasteiger partial charge < -0.3 is 0 Å². The van der Waals surface area contributed by atoms with E-state index in [1.54, 1.807) is 17.9 Å². The van der Waals surface area contributed by atoms with Gasteiger partial charge in [-0.1, -0.05) is 48.0 Å². The van der Waals surface area contributed by atoms with Crippen LogP contribution in [0, 0.1) is 6.92 Å². The molecule has 24 heavy (non-hydrogen) atoms. The fraction of sp³-hybridized carbons (Fsp3) is 0.105. The second-order valence-corrected chi connectivity index (χ2v) is 5.80. The molecule has 4 aromatic rings. The summed E-state index contributed by atoms with van der Waals surface area (Å²) in [7, 11) is 1.65. The second-order valence-electron chi connectivity index (χ2n) is 5.80. The highest BCUT2D eigenvalue weighted by molar-refractivity contribution is 5.93. The van der Waals surface area contributed by atoms with E-state index >= 15 is 0 Å². The van der Waals surface area contributed by atoms with Gasteiger partial charge in [-0.15, -0.1) is 0 Å². The fourth-order valence-electron chi connectivity index (χ4n) is 2.80. The zero-order chi connectivity index (χ0) is 16.7. The Morgan fingerprint density at radius 3 is 2.38 bits per heavy atom. The molecule has 0 aliphatic rings. The van der Waals surface area contributed by atoms with Gasteiger partial charge in [-0.3, -0.25) is 4.79 Å². The van der Waals surface area contributed by atoms with Crippen LogP contribution in [0.3, 0.4) is 0 Å². The summed E-state index contributed by atoms with van der Waals surface area (Å²) in [5, 5.41) is 9.47. The molecule has 0 fully saturated rings. The Bertz CT molecular complexity index is 1080. The molecule has 5 heteroatoms. The van der Waals surface area contributed by atoms with Crippen molar-refractivity contribution in [3.8, 4) is 16.9 Å². The summed E-state index contributed by atoms with van der Waals surface area (Å²) in [4.78, 5) is 12.7. The van der Waals surface area contributed by atoms with Crippen molar-refractivity contribution in [3.63, 3.8) is 0 Å². The average molecular weight is 316 g/mol. The van der Waals surface area contributed by atoms with Crippen LogP contribution < -0.4 is 5.56 Å². The number of benzene rings is 2. The summed E-state index contributed by atoms with van der Waals surface area (Å²) in [6.45, 7) is 2.04. The van der Waals surface area contributed by atoms with E-state index in [-0.39, 0.29) is 5.56 Å². The van der Waals surface area contributed by atoms with Crippen LogP contribution >= 0.6 is 0 Å². The van der Waals surface area contributed by atoms with Gasteiger partial charge in [-0.2, -0.15) is 10.2 Å². The van der Waals surface area contributed by atoms with Gasteiger partial charge in [0, 0.05) is 12.6 Å². The van der Waals surface area contributed by atoms with Gasteiger partial charge in [-0.25, -0.2) is 9.36 Å². The molecule has 0 bridgehead atoms. The lowest BCUT2D eigenvalue weighted by molar-refractivity contribution is 0.716. The van der Waals surface area contributed by atoms with Gasteiger partial charge in [0.05, 0.1) is 17.3 Å². The molecule has 4 rings (SSSR count). The Kier molecular flexibility index (Phi) is 3.27. The largest absolute Gasteiger partial charge is 0.278 e. The van der Waals surface area contributed by atoms with Gasteiger partial charge in [0.2, 0.25) is 0 Å². The molecule has 0 spiro atoms. The number of hydrogen-bond donors (Lipinski definition) is 0. The van der Waals surface area contributed by atoms with Crippen LogP contribution in [0.5, 0.6) is 0 Å². The highest BCUT2D eigenvalue weighted by Crippen LogP contribution is 2.27. The quantitative estimate of drug-likeness (QED) is 0.571. The summed E-state index contributed by atoms with van der Waals surface area (Å²) in [5.41, 5.74) is 4.22. The Morgan fingerprint density at radius 1 is 0.958 bits per heavy atom. The molecule has 0 aliphatic heterocycles. The Morgan fingerprint density at radius 2 is 1.67 bits per heavy atom. The Hall–Kier alpha value is -3.21. The van der Waals surface area contributed by atoms with Crippen LogP contribution in [0.25, 0.3) is 27.8 Å². The first-order valence-electron chi connectivity index (χ1n) is 7.72. The van der Waals surface area contributed by atoms with Crippen molar-refractivity contribution in [1.82, 2.24) is 19.6 Å². The van der Waals surface area contributed by atoms with Crippen LogP contribution in [0.2, 0.25) is 0 Å². The molecule has 0 saturated carbocycles. The van der Waals surface area contributed by atoms with Crippen LogP contribution in [-0.4, -0.2) is 19.6 Å². The molecule has 2 heterocycles. The second kappa shape index (κ2) is 5.45. The third-order valence-electron chi connectivity index (χ3n) is 4.11. The molecule has 5 nitrogen and oxygen atoms in total. The van der Waals surface area contributed by atoms with Gasteiger partial charge in [-0.05, 0) is 19.1 Å². The first kappa shape index (κ1) is 14.4. The van der Waals surface area contributed by atoms with Crippen molar-refractivity contribution in [3.05, 3.63) is 76.7 Å². The molecule has 2 aromatic heterocycles. The minimum Gasteiger partial charge on any atom is -0.267 e. The summed E-state index contributed by atoms with van der Waals surface area (Å²) >= 11 is 0. The molecule has 118 valence electrons. The summed E-state index contributed by atoms with van der Waals surface area (Å²) in [6, 6.07) is 17.8. The van der Waals surface area contributed by atoms with Gasteiger partial charge in [0.15, 0.2) is 0 Å². The first-order valence-corrected chi connectivity index (χ1v) is 7.72. The number of aryl methyl sites for hydroxylation is 2. The number of hydrogen-bond acceptors (Lipinski definition) is 3. The van der Waals surface area contributed by atoms with Crippen LogP contribution in [-0.2, 0) is 7.05 Å². The van der Waals surface area contributed by atoms with Crippen molar-refractivity contribution in [2.75, 3.05) is 0 Å². The Balaban J connectivity index is 2.08. The van der Waals surface area contributed by atoms with E-state index in [1.165, 1.54) is 10.2 Å². The van der Waals surface area contributed by atoms with E-state index in [0.29, 0.717) is 16.6 Å². The molecule has 0 radical (unpaired) electrons. The maximum Gasteiger partial charge on any atom is 0.278 e.